The van der Waals surface area contributed by atoms with E-state index in [1.165, 1.54) is 4.90 Å². The molecular weight excluding hydrogens is 109 g/mol. The lowest BCUT2D eigenvalue weighted by Crippen LogP contribution is -3.06. The predicted octanol–water partition coefficient (Wildman–Crippen LogP) is -4.48. The summed E-state index contributed by atoms with van der Waals surface area (Å²) < 4.78 is 0. The van der Waals surface area contributed by atoms with E-state index in [1.54, 1.807) is 6.92 Å². The molecule has 0 aliphatic carbocycles. The van der Waals surface area contributed by atoms with E-state index in [0.717, 1.165) is 6.54 Å². The first-order chi connectivity index (χ1) is 3.13. The molecule has 8 heavy (non-hydrogen) atoms. The Labute approximate surface area is 49.5 Å². The standard InChI is InChI=1S/C5H13NO.FH/c1-5(7)4-6(2)3;/h5,7H,4H2,1-3H3;1H. The van der Waals surface area contributed by atoms with Gasteiger partial charge in [0.2, 0.25) is 0 Å². The van der Waals surface area contributed by atoms with Crippen molar-refractivity contribution >= 4 is 0 Å². The summed E-state index contributed by atoms with van der Waals surface area (Å²) in [6, 6.07) is 0. The molecule has 0 aromatic rings. The zero-order chi connectivity index (χ0) is 5.86. The fraction of sp³-hybridized carbons (Fsp3) is 1.00. The molecule has 0 aromatic carbocycles. The molecule has 0 saturated heterocycles. The summed E-state index contributed by atoms with van der Waals surface area (Å²) in [5.74, 6) is 0. The second kappa shape index (κ2) is 5.00. The van der Waals surface area contributed by atoms with Gasteiger partial charge in [-0.3, -0.25) is 0 Å². The van der Waals surface area contributed by atoms with Crippen molar-refractivity contribution in [3.8, 4) is 0 Å². The number of rotatable bonds is 2. The molecule has 0 spiro atoms. The van der Waals surface area contributed by atoms with Gasteiger partial charge in [-0.2, -0.15) is 0 Å². The molecule has 1 unspecified atom stereocenters. The lowest BCUT2D eigenvalue weighted by Gasteiger charge is -2.07. The van der Waals surface area contributed by atoms with Crippen LogP contribution in [0.1, 0.15) is 6.92 Å². The van der Waals surface area contributed by atoms with Gasteiger partial charge in [0, 0.05) is 0 Å². The fourth-order valence-electron chi connectivity index (χ4n) is 0.591. The van der Waals surface area contributed by atoms with Crippen LogP contribution >= 0.6 is 0 Å². The lowest BCUT2D eigenvalue weighted by atomic mass is 10.4. The third-order valence-electron chi connectivity index (χ3n) is 0.704. The molecule has 0 heterocycles. The minimum Gasteiger partial charge on any atom is -1.00 e. The quantitative estimate of drug-likeness (QED) is 0.380. The highest BCUT2D eigenvalue weighted by Gasteiger charge is 1.97. The van der Waals surface area contributed by atoms with E-state index >= 15 is 0 Å². The van der Waals surface area contributed by atoms with Crippen molar-refractivity contribution in [2.24, 2.45) is 0 Å². The molecule has 2 nitrogen and oxygen atoms in total. The molecule has 0 aliphatic heterocycles. The lowest BCUT2D eigenvalue weighted by molar-refractivity contribution is -0.861. The van der Waals surface area contributed by atoms with Gasteiger partial charge < -0.3 is 14.7 Å². The van der Waals surface area contributed by atoms with Crippen LogP contribution in [0, 0.1) is 0 Å². The Morgan fingerprint density at radius 2 is 1.88 bits per heavy atom. The molecule has 1 atom stereocenters. The maximum atomic E-state index is 8.70. The third-order valence-corrected chi connectivity index (χ3v) is 0.704. The highest BCUT2D eigenvalue weighted by atomic mass is 19.0. The first-order valence-corrected chi connectivity index (χ1v) is 2.60. The Hall–Kier alpha value is -0.150. The summed E-state index contributed by atoms with van der Waals surface area (Å²) in [6.45, 7) is 2.63. The second-order valence-electron chi connectivity index (χ2n) is 2.26. The number of hydrogen-bond donors (Lipinski definition) is 2. The van der Waals surface area contributed by atoms with Crippen LogP contribution in [0.3, 0.4) is 0 Å². The summed E-state index contributed by atoms with van der Waals surface area (Å²) in [6.07, 6.45) is -0.162. The largest absolute Gasteiger partial charge is 1.00 e. The van der Waals surface area contributed by atoms with Crippen LogP contribution in [0.15, 0.2) is 0 Å². The van der Waals surface area contributed by atoms with Crippen molar-refractivity contribution in [1.29, 1.82) is 0 Å². The Kier molecular flexibility index (Phi) is 6.72. The van der Waals surface area contributed by atoms with Gasteiger partial charge in [-0.15, -0.1) is 0 Å². The van der Waals surface area contributed by atoms with Gasteiger partial charge in [0.05, 0.1) is 14.1 Å². The van der Waals surface area contributed by atoms with Crippen molar-refractivity contribution in [2.75, 3.05) is 20.6 Å². The number of nitrogens with one attached hydrogen (secondary N) is 1. The van der Waals surface area contributed by atoms with E-state index in [4.69, 9.17) is 5.11 Å². The van der Waals surface area contributed by atoms with Crippen molar-refractivity contribution in [3.05, 3.63) is 0 Å². The number of aliphatic hydroxyl groups is 1. The topological polar surface area (TPSA) is 24.7 Å². The van der Waals surface area contributed by atoms with Crippen LogP contribution in [-0.2, 0) is 0 Å². The van der Waals surface area contributed by atoms with Crippen LogP contribution in [0.4, 0.5) is 0 Å². The van der Waals surface area contributed by atoms with E-state index < -0.39 is 0 Å². The van der Waals surface area contributed by atoms with E-state index in [1.807, 2.05) is 14.1 Å². The van der Waals surface area contributed by atoms with Crippen molar-refractivity contribution in [1.82, 2.24) is 0 Å². The molecule has 0 rings (SSSR count). The monoisotopic (exact) mass is 123 g/mol. The van der Waals surface area contributed by atoms with Crippen LogP contribution < -0.4 is 9.60 Å². The average molecular weight is 123 g/mol. The summed E-state index contributed by atoms with van der Waals surface area (Å²) in [7, 11) is 4.04. The summed E-state index contributed by atoms with van der Waals surface area (Å²) in [4.78, 5) is 1.29. The minimum atomic E-state index is -0.162. The van der Waals surface area contributed by atoms with Crippen molar-refractivity contribution in [2.45, 2.75) is 13.0 Å². The molecule has 0 amide bonds. The van der Waals surface area contributed by atoms with Gasteiger partial charge in [-0.1, -0.05) is 0 Å². The van der Waals surface area contributed by atoms with Crippen molar-refractivity contribution < 1.29 is 14.7 Å². The van der Waals surface area contributed by atoms with Gasteiger partial charge in [0.15, 0.2) is 0 Å². The average Bonchev–Trinajstić information content (AvgIpc) is 1.27. The summed E-state index contributed by atoms with van der Waals surface area (Å²) >= 11 is 0. The van der Waals surface area contributed by atoms with E-state index in [9.17, 15) is 0 Å². The Morgan fingerprint density at radius 1 is 1.50 bits per heavy atom. The van der Waals surface area contributed by atoms with Crippen LogP contribution in [0.5, 0.6) is 0 Å². The van der Waals surface area contributed by atoms with Gasteiger partial charge in [-0.25, -0.2) is 0 Å². The Morgan fingerprint density at radius 3 is 1.88 bits per heavy atom. The van der Waals surface area contributed by atoms with Gasteiger partial charge in [0.25, 0.3) is 0 Å². The zero-order valence-electron chi connectivity index (χ0n) is 5.61. The van der Waals surface area contributed by atoms with Gasteiger partial charge in [0.1, 0.15) is 12.6 Å². The predicted molar refractivity (Wildman–Crippen MR) is 29.4 cm³/mol. The molecular formula is C5H14FNO. The normalized spacial score (nSPS) is 13.1. The molecule has 0 bridgehead atoms. The fourth-order valence-corrected chi connectivity index (χ4v) is 0.591. The van der Waals surface area contributed by atoms with E-state index in [2.05, 4.69) is 0 Å². The highest BCUT2D eigenvalue weighted by Crippen LogP contribution is 1.66. The third kappa shape index (κ3) is 9.28. The Balaban J connectivity index is 0. The van der Waals surface area contributed by atoms with E-state index in [0.29, 0.717) is 0 Å². The molecule has 0 aromatic heterocycles. The SMILES string of the molecule is CC(O)C[NH+](C)C.[F-]. The van der Waals surface area contributed by atoms with Gasteiger partial charge in [-0.05, 0) is 6.92 Å². The van der Waals surface area contributed by atoms with Crippen LogP contribution in [-0.4, -0.2) is 31.9 Å². The number of likely N-dealkylation sites (N-methyl/N-ethyl adjacent to an activating group) is 1. The maximum Gasteiger partial charge on any atom is 0.103 e. The summed E-state index contributed by atoms with van der Waals surface area (Å²) in [5, 5.41) is 8.70. The molecule has 0 aliphatic rings. The molecule has 2 N–H and O–H groups in total. The molecule has 52 valence electrons. The number of aliphatic hydroxyl groups excluding tert-OH is 1. The minimum absolute atomic E-state index is 0. The van der Waals surface area contributed by atoms with Gasteiger partial charge >= 0.3 is 0 Å². The summed E-state index contributed by atoms with van der Waals surface area (Å²) in [5.41, 5.74) is 0. The smallest absolute Gasteiger partial charge is 0.103 e. The first kappa shape index (κ1) is 10.8. The van der Waals surface area contributed by atoms with E-state index in [-0.39, 0.29) is 10.8 Å². The maximum absolute atomic E-state index is 8.70. The zero-order valence-corrected chi connectivity index (χ0v) is 5.61. The second-order valence-corrected chi connectivity index (χ2v) is 2.26. The number of quaternary nitrogens is 1. The van der Waals surface area contributed by atoms with Crippen LogP contribution in [0.25, 0.3) is 0 Å². The molecule has 3 heteroatoms. The first-order valence-electron chi connectivity index (χ1n) is 2.60. The van der Waals surface area contributed by atoms with Crippen molar-refractivity contribution in [3.63, 3.8) is 0 Å². The number of halogens is 1. The highest BCUT2D eigenvalue weighted by molar-refractivity contribution is 4.35. The Bertz CT molecular complexity index is 41.7. The van der Waals surface area contributed by atoms with Crippen LogP contribution in [0.2, 0.25) is 0 Å². The number of hydrogen-bond acceptors (Lipinski definition) is 1. The molecule has 0 radical (unpaired) electrons. The molecule has 0 saturated carbocycles. The molecule has 0 fully saturated rings.